The van der Waals surface area contributed by atoms with Crippen molar-refractivity contribution in [2.24, 2.45) is 5.41 Å². The number of aliphatic hydroxyl groups excluding tert-OH is 2. The Balaban J connectivity index is 3.88. The largest absolute Gasteiger partial charge is 0.469 e. The van der Waals surface area contributed by atoms with Gasteiger partial charge in [-0.3, -0.25) is 4.79 Å². The van der Waals surface area contributed by atoms with Gasteiger partial charge in [0.05, 0.1) is 20.3 Å². The second-order valence-corrected chi connectivity index (χ2v) is 3.60. The van der Waals surface area contributed by atoms with Gasteiger partial charge in [0.25, 0.3) is 0 Å². The first-order chi connectivity index (χ1) is 6.64. The predicted octanol–water partition coefficient (Wildman–Crippen LogP) is 0.711. The molecular weight excluding hydrogens is 184 g/mol. The van der Waals surface area contributed by atoms with Gasteiger partial charge in [0.15, 0.2) is 0 Å². The molecule has 0 aliphatic heterocycles. The number of hydrogen-bond donors (Lipinski definition) is 2. The summed E-state index contributed by atoms with van der Waals surface area (Å²) in [6.45, 7) is 1.84. The Morgan fingerprint density at radius 2 is 1.93 bits per heavy atom. The first-order valence-corrected chi connectivity index (χ1v) is 4.92. The van der Waals surface area contributed by atoms with Gasteiger partial charge in [0, 0.05) is 11.8 Å². The van der Waals surface area contributed by atoms with Crippen LogP contribution in [0.2, 0.25) is 0 Å². The minimum Gasteiger partial charge on any atom is -0.469 e. The molecule has 4 heteroatoms. The smallest absolute Gasteiger partial charge is 0.305 e. The van der Waals surface area contributed by atoms with Crippen LogP contribution in [0.15, 0.2) is 0 Å². The molecule has 0 aliphatic rings. The van der Waals surface area contributed by atoms with E-state index in [0.29, 0.717) is 25.7 Å². The zero-order chi connectivity index (χ0) is 11.0. The van der Waals surface area contributed by atoms with Crippen molar-refractivity contribution in [3.63, 3.8) is 0 Å². The summed E-state index contributed by atoms with van der Waals surface area (Å²) in [5.41, 5.74) is -0.436. The lowest BCUT2D eigenvalue weighted by Gasteiger charge is -2.27. The molecule has 0 bridgehead atoms. The van der Waals surface area contributed by atoms with Gasteiger partial charge in [-0.25, -0.2) is 0 Å². The summed E-state index contributed by atoms with van der Waals surface area (Å²) in [6.07, 6.45) is 2.34. The number of carbonyl (C=O) groups excluding carboxylic acids is 1. The predicted molar refractivity (Wildman–Crippen MR) is 52.8 cm³/mol. The van der Waals surface area contributed by atoms with Crippen molar-refractivity contribution in [2.45, 2.75) is 32.6 Å². The van der Waals surface area contributed by atoms with E-state index in [9.17, 15) is 4.79 Å². The van der Waals surface area contributed by atoms with Gasteiger partial charge in [-0.05, 0) is 19.3 Å². The van der Waals surface area contributed by atoms with Gasteiger partial charge < -0.3 is 14.9 Å². The summed E-state index contributed by atoms with van der Waals surface area (Å²) in [5, 5.41) is 18.2. The fourth-order valence-electron chi connectivity index (χ4n) is 1.32. The Morgan fingerprint density at radius 1 is 1.36 bits per heavy atom. The molecule has 0 aromatic rings. The maximum Gasteiger partial charge on any atom is 0.305 e. The number of methoxy groups -OCH3 is 1. The average Bonchev–Trinajstić information content (AvgIpc) is 2.25. The molecule has 2 N–H and O–H groups in total. The number of carbonyl (C=O) groups is 1. The van der Waals surface area contributed by atoms with E-state index in [-0.39, 0.29) is 19.2 Å². The summed E-state index contributed by atoms with van der Waals surface area (Å²) < 4.78 is 4.50. The highest BCUT2D eigenvalue weighted by Crippen LogP contribution is 2.27. The maximum atomic E-state index is 10.8. The zero-order valence-corrected chi connectivity index (χ0v) is 8.95. The first-order valence-electron chi connectivity index (χ1n) is 4.92. The molecule has 0 atom stereocenters. The molecule has 0 radical (unpaired) electrons. The highest BCUT2D eigenvalue weighted by Gasteiger charge is 2.26. The van der Waals surface area contributed by atoms with Crippen LogP contribution in [0.5, 0.6) is 0 Å². The highest BCUT2D eigenvalue weighted by molar-refractivity contribution is 5.68. The molecule has 0 saturated heterocycles. The second-order valence-electron chi connectivity index (χ2n) is 3.60. The van der Waals surface area contributed by atoms with E-state index in [2.05, 4.69) is 4.74 Å². The lowest BCUT2D eigenvalue weighted by atomic mass is 9.82. The molecule has 14 heavy (non-hydrogen) atoms. The first kappa shape index (κ1) is 13.4. The summed E-state index contributed by atoms with van der Waals surface area (Å²) >= 11 is 0. The minimum absolute atomic E-state index is 0.0405. The van der Waals surface area contributed by atoms with Crippen LogP contribution in [0.4, 0.5) is 0 Å². The lowest BCUT2D eigenvalue weighted by molar-refractivity contribution is -0.140. The van der Waals surface area contributed by atoms with Crippen LogP contribution in [0.3, 0.4) is 0 Å². The van der Waals surface area contributed by atoms with Crippen molar-refractivity contribution in [3.05, 3.63) is 0 Å². The van der Waals surface area contributed by atoms with Crippen LogP contribution in [0, 0.1) is 5.41 Å². The van der Waals surface area contributed by atoms with Crippen LogP contribution in [0.1, 0.15) is 32.6 Å². The molecule has 0 rings (SSSR count). The van der Waals surface area contributed by atoms with E-state index < -0.39 is 5.41 Å². The molecule has 0 aromatic carbocycles. The van der Waals surface area contributed by atoms with E-state index in [1.54, 1.807) is 0 Å². The molecule has 0 aromatic heterocycles. The highest BCUT2D eigenvalue weighted by atomic mass is 16.5. The average molecular weight is 204 g/mol. The van der Waals surface area contributed by atoms with Crippen LogP contribution < -0.4 is 0 Å². The van der Waals surface area contributed by atoms with Crippen molar-refractivity contribution in [3.8, 4) is 0 Å². The number of hydrogen-bond acceptors (Lipinski definition) is 4. The molecule has 0 heterocycles. The molecule has 0 unspecified atom stereocenters. The Kier molecular flexibility index (Phi) is 6.49. The zero-order valence-electron chi connectivity index (χ0n) is 8.95. The van der Waals surface area contributed by atoms with Crippen LogP contribution in [-0.4, -0.2) is 36.5 Å². The van der Waals surface area contributed by atoms with E-state index in [1.165, 1.54) is 7.11 Å². The fourth-order valence-corrected chi connectivity index (χ4v) is 1.32. The minimum atomic E-state index is -0.436. The number of esters is 1. The Bertz CT molecular complexity index is 155. The monoisotopic (exact) mass is 204 g/mol. The van der Waals surface area contributed by atoms with Gasteiger partial charge in [-0.15, -0.1) is 0 Å². The third kappa shape index (κ3) is 4.07. The van der Waals surface area contributed by atoms with Gasteiger partial charge in [0.2, 0.25) is 0 Å². The third-order valence-electron chi connectivity index (χ3n) is 2.74. The maximum absolute atomic E-state index is 10.8. The molecule has 0 amide bonds. The molecule has 0 spiro atoms. The summed E-state index contributed by atoms with van der Waals surface area (Å²) in [6, 6.07) is 0. The van der Waals surface area contributed by atoms with Crippen molar-refractivity contribution in [2.75, 3.05) is 20.3 Å². The topological polar surface area (TPSA) is 66.8 Å². The van der Waals surface area contributed by atoms with Crippen LogP contribution in [0.25, 0.3) is 0 Å². The Morgan fingerprint density at radius 3 is 2.29 bits per heavy atom. The number of rotatable bonds is 7. The number of ether oxygens (including phenoxy) is 1. The third-order valence-corrected chi connectivity index (χ3v) is 2.74. The van der Waals surface area contributed by atoms with Gasteiger partial charge in [-0.1, -0.05) is 6.92 Å². The SMILES string of the molecule is CCC(CO)(CO)CCCC(=O)OC. The summed E-state index contributed by atoms with van der Waals surface area (Å²) in [7, 11) is 1.35. The fraction of sp³-hybridized carbons (Fsp3) is 0.900. The normalized spacial score (nSPS) is 11.4. The quantitative estimate of drug-likeness (QED) is 0.599. The van der Waals surface area contributed by atoms with Gasteiger partial charge >= 0.3 is 5.97 Å². The molecule has 0 fully saturated rings. The van der Waals surface area contributed by atoms with Crippen molar-refractivity contribution in [1.29, 1.82) is 0 Å². The molecular formula is C10H20O4. The van der Waals surface area contributed by atoms with Gasteiger partial charge in [-0.2, -0.15) is 0 Å². The molecule has 0 aliphatic carbocycles. The summed E-state index contributed by atoms with van der Waals surface area (Å²) in [4.78, 5) is 10.8. The number of aliphatic hydroxyl groups is 2. The Labute approximate surface area is 84.9 Å². The van der Waals surface area contributed by atoms with Gasteiger partial charge in [0.1, 0.15) is 0 Å². The van der Waals surface area contributed by atoms with E-state index in [0.717, 1.165) is 0 Å². The Hall–Kier alpha value is -0.610. The van der Waals surface area contributed by atoms with E-state index in [1.807, 2.05) is 6.92 Å². The van der Waals surface area contributed by atoms with Crippen molar-refractivity contribution >= 4 is 5.97 Å². The lowest BCUT2D eigenvalue weighted by Crippen LogP contribution is -2.29. The van der Waals surface area contributed by atoms with Crippen molar-refractivity contribution in [1.82, 2.24) is 0 Å². The summed E-state index contributed by atoms with van der Waals surface area (Å²) in [5.74, 6) is -0.245. The standard InChI is InChI=1S/C10H20O4/c1-3-10(7-11,8-12)6-4-5-9(13)14-2/h11-12H,3-8H2,1-2H3. The molecule has 4 nitrogen and oxygen atoms in total. The molecule has 0 saturated carbocycles. The molecule has 84 valence electrons. The van der Waals surface area contributed by atoms with E-state index in [4.69, 9.17) is 10.2 Å². The van der Waals surface area contributed by atoms with Crippen LogP contribution >= 0.6 is 0 Å². The van der Waals surface area contributed by atoms with Crippen molar-refractivity contribution < 1.29 is 19.7 Å². The second kappa shape index (κ2) is 6.79. The van der Waals surface area contributed by atoms with E-state index >= 15 is 0 Å². The van der Waals surface area contributed by atoms with Crippen LogP contribution in [-0.2, 0) is 9.53 Å².